The molecule has 1 heterocycles. The summed E-state index contributed by atoms with van der Waals surface area (Å²) in [7, 11) is 1.05. The summed E-state index contributed by atoms with van der Waals surface area (Å²) in [4.78, 5) is 36.5. The summed E-state index contributed by atoms with van der Waals surface area (Å²) in [5, 5.41) is 2.51. The first kappa shape index (κ1) is 16.9. The fourth-order valence-corrected chi connectivity index (χ4v) is 1.61. The van der Waals surface area contributed by atoms with Gasteiger partial charge in [-0.2, -0.15) is 13.2 Å². The van der Waals surface area contributed by atoms with Gasteiger partial charge in [-0.05, 0) is 12.6 Å². The molecular weight excluding hydrogens is 293 g/mol. The first-order chi connectivity index (χ1) is 9.72. The van der Waals surface area contributed by atoms with Crippen molar-refractivity contribution in [2.75, 3.05) is 13.7 Å². The van der Waals surface area contributed by atoms with Crippen LogP contribution in [0.4, 0.5) is 13.2 Å². The van der Waals surface area contributed by atoms with E-state index >= 15 is 0 Å². The van der Waals surface area contributed by atoms with Gasteiger partial charge in [0, 0.05) is 11.8 Å². The Morgan fingerprint density at radius 1 is 1.43 bits per heavy atom. The number of alkyl halides is 3. The molecule has 0 bridgehead atoms. The SMILES string of the molecule is CCNC(C(=O)OC)C(=O)c1c[nH]c(=O)c(C(F)(F)F)c1. The highest BCUT2D eigenvalue weighted by molar-refractivity contribution is 6.12. The van der Waals surface area contributed by atoms with E-state index in [0.717, 1.165) is 13.3 Å². The number of hydrogen-bond acceptors (Lipinski definition) is 5. The van der Waals surface area contributed by atoms with E-state index < -0.39 is 40.7 Å². The molecule has 6 nitrogen and oxygen atoms in total. The Bertz CT molecular complexity index is 595. The van der Waals surface area contributed by atoms with E-state index in [1.165, 1.54) is 0 Å². The lowest BCUT2D eigenvalue weighted by molar-refractivity contribution is -0.141. The average Bonchev–Trinajstić information content (AvgIpc) is 2.42. The van der Waals surface area contributed by atoms with Crippen LogP contribution in [0.15, 0.2) is 17.1 Å². The van der Waals surface area contributed by atoms with Crippen molar-refractivity contribution in [2.24, 2.45) is 0 Å². The number of esters is 1. The van der Waals surface area contributed by atoms with Gasteiger partial charge < -0.3 is 9.72 Å². The number of aromatic amines is 1. The zero-order chi connectivity index (χ0) is 16.2. The number of likely N-dealkylation sites (N-methyl/N-ethyl adjacent to an activating group) is 1. The molecule has 1 rings (SSSR count). The lowest BCUT2D eigenvalue weighted by Crippen LogP contribution is -2.44. The van der Waals surface area contributed by atoms with Gasteiger partial charge in [-0.3, -0.25) is 14.9 Å². The van der Waals surface area contributed by atoms with Crippen LogP contribution in [0, 0.1) is 0 Å². The molecule has 9 heteroatoms. The monoisotopic (exact) mass is 306 g/mol. The summed E-state index contributed by atoms with van der Waals surface area (Å²) in [6.07, 6.45) is -4.07. The molecule has 0 aliphatic heterocycles. The Morgan fingerprint density at radius 2 is 2.05 bits per heavy atom. The second-order valence-corrected chi connectivity index (χ2v) is 4.01. The molecule has 1 atom stereocenters. The Morgan fingerprint density at radius 3 is 2.52 bits per heavy atom. The predicted molar refractivity (Wildman–Crippen MR) is 65.9 cm³/mol. The number of carbonyl (C=O) groups excluding carboxylic acids is 2. The number of methoxy groups -OCH3 is 1. The first-order valence-corrected chi connectivity index (χ1v) is 5.87. The van der Waals surface area contributed by atoms with Crippen LogP contribution in [-0.2, 0) is 15.7 Å². The molecule has 0 saturated carbocycles. The van der Waals surface area contributed by atoms with Crippen molar-refractivity contribution in [3.63, 3.8) is 0 Å². The van der Waals surface area contributed by atoms with E-state index in [-0.39, 0.29) is 6.54 Å². The van der Waals surface area contributed by atoms with Crippen molar-refractivity contribution < 1.29 is 27.5 Å². The highest BCUT2D eigenvalue weighted by atomic mass is 19.4. The minimum Gasteiger partial charge on any atom is -0.468 e. The van der Waals surface area contributed by atoms with Crippen LogP contribution in [-0.4, -0.2) is 36.4 Å². The second kappa shape index (κ2) is 6.53. The third-order valence-corrected chi connectivity index (χ3v) is 2.60. The van der Waals surface area contributed by atoms with Crippen molar-refractivity contribution in [3.05, 3.63) is 33.7 Å². The van der Waals surface area contributed by atoms with E-state index in [9.17, 15) is 27.6 Å². The highest BCUT2D eigenvalue weighted by Gasteiger charge is 2.36. The average molecular weight is 306 g/mol. The van der Waals surface area contributed by atoms with E-state index in [2.05, 4.69) is 10.1 Å². The van der Waals surface area contributed by atoms with Crippen molar-refractivity contribution >= 4 is 11.8 Å². The van der Waals surface area contributed by atoms with Crippen LogP contribution in [0.5, 0.6) is 0 Å². The molecule has 1 aromatic heterocycles. The molecule has 0 aromatic carbocycles. The third-order valence-electron chi connectivity index (χ3n) is 2.60. The number of ketones is 1. The number of Topliss-reactive ketones (excluding diaryl/α,β-unsaturated/α-hetero) is 1. The van der Waals surface area contributed by atoms with Gasteiger partial charge in [0.05, 0.1) is 7.11 Å². The van der Waals surface area contributed by atoms with Crippen LogP contribution < -0.4 is 10.9 Å². The second-order valence-electron chi connectivity index (χ2n) is 4.01. The Balaban J connectivity index is 3.23. The molecule has 0 aliphatic carbocycles. The summed E-state index contributed by atoms with van der Waals surface area (Å²) >= 11 is 0. The summed E-state index contributed by atoms with van der Waals surface area (Å²) < 4.78 is 42.3. The smallest absolute Gasteiger partial charge is 0.421 e. The molecule has 0 saturated heterocycles. The normalized spacial score (nSPS) is 12.8. The van der Waals surface area contributed by atoms with Crippen molar-refractivity contribution in [1.29, 1.82) is 0 Å². The Labute approximate surface area is 117 Å². The minimum absolute atomic E-state index is 0.223. The largest absolute Gasteiger partial charge is 0.468 e. The van der Waals surface area contributed by atoms with Gasteiger partial charge in [0.1, 0.15) is 5.56 Å². The molecule has 116 valence electrons. The number of carbonyl (C=O) groups is 2. The standard InChI is InChI=1S/C12H13F3N2O4/c1-3-16-8(11(20)21-2)9(18)6-4-7(12(13,14)15)10(19)17-5-6/h4-5,8,16H,3H2,1-2H3,(H,17,19). The zero-order valence-electron chi connectivity index (χ0n) is 11.2. The van der Waals surface area contributed by atoms with Crippen LogP contribution in [0.1, 0.15) is 22.8 Å². The van der Waals surface area contributed by atoms with Gasteiger partial charge in [-0.25, -0.2) is 4.79 Å². The van der Waals surface area contributed by atoms with Crippen molar-refractivity contribution in [1.82, 2.24) is 10.3 Å². The molecule has 0 aliphatic rings. The Kier molecular flexibility index (Phi) is 5.25. The number of hydrogen-bond donors (Lipinski definition) is 2. The quantitative estimate of drug-likeness (QED) is 0.475. The topological polar surface area (TPSA) is 88.3 Å². The van der Waals surface area contributed by atoms with Gasteiger partial charge in [0.2, 0.25) is 0 Å². The fraction of sp³-hybridized carbons (Fsp3) is 0.417. The first-order valence-electron chi connectivity index (χ1n) is 5.87. The number of halogens is 3. The molecule has 1 aromatic rings. The van der Waals surface area contributed by atoms with Gasteiger partial charge in [0.15, 0.2) is 11.8 Å². The maximum atomic E-state index is 12.6. The number of nitrogens with one attached hydrogen (secondary N) is 2. The van der Waals surface area contributed by atoms with Crippen LogP contribution in [0.2, 0.25) is 0 Å². The summed E-state index contributed by atoms with van der Waals surface area (Å²) in [5.74, 6) is -1.85. The molecule has 1 unspecified atom stereocenters. The van der Waals surface area contributed by atoms with Crippen molar-refractivity contribution in [2.45, 2.75) is 19.1 Å². The lowest BCUT2D eigenvalue weighted by atomic mass is 10.0. The fourth-order valence-electron chi connectivity index (χ4n) is 1.61. The van der Waals surface area contributed by atoms with E-state index in [1.54, 1.807) is 6.92 Å². The molecule has 2 N–H and O–H groups in total. The molecule has 21 heavy (non-hydrogen) atoms. The minimum atomic E-state index is -4.90. The molecule has 0 fully saturated rings. The van der Waals surface area contributed by atoms with Crippen molar-refractivity contribution in [3.8, 4) is 0 Å². The third kappa shape index (κ3) is 3.91. The number of aromatic nitrogens is 1. The lowest BCUT2D eigenvalue weighted by Gasteiger charge is -2.14. The summed E-state index contributed by atoms with van der Waals surface area (Å²) in [5.41, 5.74) is -3.32. The zero-order valence-corrected chi connectivity index (χ0v) is 11.2. The van der Waals surface area contributed by atoms with E-state index in [4.69, 9.17) is 0 Å². The van der Waals surface area contributed by atoms with Gasteiger partial charge in [-0.1, -0.05) is 6.92 Å². The highest BCUT2D eigenvalue weighted by Crippen LogP contribution is 2.26. The van der Waals surface area contributed by atoms with Gasteiger partial charge in [-0.15, -0.1) is 0 Å². The predicted octanol–water partition coefficient (Wildman–Crippen LogP) is 0.727. The number of H-pyrrole nitrogens is 1. The summed E-state index contributed by atoms with van der Waals surface area (Å²) in [6.45, 7) is 1.83. The van der Waals surface area contributed by atoms with Crippen LogP contribution >= 0.6 is 0 Å². The maximum absolute atomic E-state index is 12.6. The van der Waals surface area contributed by atoms with Crippen LogP contribution in [0.25, 0.3) is 0 Å². The summed E-state index contributed by atoms with van der Waals surface area (Å²) in [6, 6.07) is -1.03. The number of rotatable bonds is 5. The van der Waals surface area contributed by atoms with Gasteiger partial charge in [0.25, 0.3) is 5.56 Å². The number of ether oxygens (including phenoxy) is 1. The molecule has 0 amide bonds. The molecular formula is C12H13F3N2O4. The number of pyridine rings is 1. The maximum Gasteiger partial charge on any atom is 0.421 e. The van der Waals surface area contributed by atoms with E-state index in [0.29, 0.717) is 6.07 Å². The van der Waals surface area contributed by atoms with Crippen LogP contribution in [0.3, 0.4) is 0 Å². The van der Waals surface area contributed by atoms with E-state index in [1.807, 2.05) is 4.98 Å². The molecule has 0 radical (unpaired) electrons. The van der Waals surface area contributed by atoms with Gasteiger partial charge >= 0.3 is 12.1 Å². The Hall–Kier alpha value is -2.16. The molecule has 0 spiro atoms.